The van der Waals surface area contributed by atoms with Crippen LogP contribution < -0.4 is 0 Å². The SMILES string of the molecule is Fc1nc2ncccc2cc1Br. The molecule has 4 heteroatoms. The van der Waals surface area contributed by atoms with Crippen LogP contribution in [0.15, 0.2) is 28.9 Å². The number of aromatic nitrogens is 2. The van der Waals surface area contributed by atoms with Gasteiger partial charge < -0.3 is 0 Å². The van der Waals surface area contributed by atoms with Crippen LogP contribution in [0.4, 0.5) is 4.39 Å². The van der Waals surface area contributed by atoms with Gasteiger partial charge in [-0.2, -0.15) is 9.37 Å². The van der Waals surface area contributed by atoms with Crippen molar-refractivity contribution in [1.29, 1.82) is 0 Å². The second-order valence-corrected chi connectivity index (χ2v) is 3.17. The second-order valence-electron chi connectivity index (χ2n) is 2.31. The minimum atomic E-state index is -0.527. The molecule has 2 aromatic heterocycles. The van der Waals surface area contributed by atoms with E-state index in [0.717, 1.165) is 5.39 Å². The van der Waals surface area contributed by atoms with Crippen LogP contribution in [0.1, 0.15) is 0 Å². The first-order valence-corrected chi connectivity index (χ1v) is 4.13. The molecular formula is C8H4BrFN2. The molecule has 0 aliphatic carbocycles. The summed E-state index contributed by atoms with van der Waals surface area (Å²) in [6.45, 7) is 0. The maximum atomic E-state index is 12.9. The minimum Gasteiger partial charge on any atom is -0.237 e. The van der Waals surface area contributed by atoms with Crippen molar-refractivity contribution in [1.82, 2.24) is 9.97 Å². The Labute approximate surface area is 76.6 Å². The van der Waals surface area contributed by atoms with E-state index in [1.54, 1.807) is 18.3 Å². The van der Waals surface area contributed by atoms with Gasteiger partial charge in [0.2, 0.25) is 5.95 Å². The van der Waals surface area contributed by atoms with Crippen LogP contribution in [0, 0.1) is 5.95 Å². The van der Waals surface area contributed by atoms with E-state index in [1.165, 1.54) is 0 Å². The maximum Gasteiger partial charge on any atom is 0.229 e. The van der Waals surface area contributed by atoms with Crippen LogP contribution in [0.25, 0.3) is 11.0 Å². The molecule has 60 valence electrons. The number of halogens is 2. The van der Waals surface area contributed by atoms with Crippen molar-refractivity contribution in [3.63, 3.8) is 0 Å². The summed E-state index contributed by atoms with van der Waals surface area (Å²) in [6.07, 6.45) is 1.59. The van der Waals surface area contributed by atoms with Gasteiger partial charge in [-0.15, -0.1) is 0 Å². The fourth-order valence-electron chi connectivity index (χ4n) is 0.958. The third-order valence-electron chi connectivity index (χ3n) is 1.50. The molecule has 2 heterocycles. The van der Waals surface area contributed by atoms with E-state index in [1.807, 2.05) is 6.07 Å². The maximum absolute atomic E-state index is 12.9. The predicted octanol–water partition coefficient (Wildman–Crippen LogP) is 2.53. The highest BCUT2D eigenvalue weighted by Gasteiger charge is 2.02. The van der Waals surface area contributed by atoms with E-state index >= 15 is 0 Å². The summed E-state index contributed by atoms with van der Waals surface area (Å²) in [5.74, 6) is -0.527. The second kappa shape index (κ2) is 2.79. The average molecular weight is 227 g/mol. The first-order valence-electron chi connectivity index (χ1n) is 3.34. The Bertz CT molecular complexity index is 390. The highest BCUT2D eigenvalue weighted by molar-refractivity contribution is 9.10. The topological polar surface area (TPSA) is 25.8 Å². The summed E-state index contributed by atoms with van der Waals surface area (Å²) in [5.41, 5.74) is 0.429. The molecule has 2 nitrogen and oxygen atoms in total. The summed E-state index contributed by atoms with van der Waals surface area (Å²) in [4.78, 5) is 7.56. The largest absolute Gasteiger partial charge is 0.237 e. The summed E-state index contributed by atoms with van der Waals surface area (Å²) in [5, 5.41) is 0.825. The van der Waals surface area contributed by atoms with E-state index in [9.17, 15) is 4.39 Å². The molecule has 0 aliphatic rings. The fraction of sp³-hybridized carbons (Fsp3) is 0. The van der Waals surface area contributed by atoms with Gasteiger partial charge in [-0.25, -0.2) is 4.98 Å². The van der Waals surface area contributed by atoms with Crippen LogP contribution in [0.2, 0.25) is 0 Å². The average Bonchev–Trinajstić information content (AvgIpc) is 2.07. The van der Waals surface area contributed by atoms with Crippen molar-refractivity contribution in [2.24, 2.45) is 0 Å². The molecule has 0 N–H and O–H groups in total. The van der Waals surface area contributed by atoms with Crippen molar-refractivity contribution in [3.05, 3.63) is 34.8 Å². The Morgan fingerprint density at radius 2 is 2.25 bits per heavy atom. The lowest BCUT2D eigenvalue weighted by atomic mass is 10.3. The third kappa shape index (κ3) is 1.18. The highest BCUT2D eigenvalue weighted by Crippen LogP contribution is 2.18. The van der Waals surface area contributed by atoms with E-state index in [2.05, 4.69) is 25.9 Å². The predicted molar refractivity (Wildman–Crippen MR) is 47.2 cm³/mol. The molecule has 2 rings (SSSR count). The lowest BCUT2D eigenvalue weighted by Crippen LogP contribution is -1.88. The van der Waals surface area contributed by atoms with Gasteiger partial charge in [0, 0.05) is 11.6 Å². The normalized spacial score (nSPS) is 10.5. The van der Waals surface area contributed by atoms with Crippen molar-refractivity contribution >= 4 is 27.0 Å². The van der Waals surface area contributed by atoms with Crippen molar-refractivity contribution in [2.75, 3.05) is 0 Å². The van der Waals surface area contributed by atoms with Crippen LogP contribution in [0.3, 0.4) is 0 Å². The summed E-state index contributed by atoms with van der Waals surface area (Å²) < 4.78 is 13.2. The van der Waals surface area contributed by atoms with E-state index in [4.69, 9.17) is 0 Å². The molecule has 0 fully saturated rings. The third-order valence-corrected chi connectivity index (χ3v) is 2.06. The van der Waals surface area contributed by atoms with Crippen molar-refractivity contribution in [3.8, 4) is 0 Å². The standard InChI is InChI=1S/C8H4BrFN2/c9-6-4-5-2-1-3-11-8(5)12-7(6)10/h1-4H. The summed E-state index contributed by atoms with van der Waals surface area (Å²) in [6, 6.07) is 5.28. The molecule has 0 spiro atoms. The number of pyridine rings is 2. The number of fused-ring (bicyclic) bond motifs is 1. The van der Waals surface area contributed by atoms with Gasteiger partial charge >= 0.3 is 0 Å². The van der Waals surface area contributed by atoms with Gasteiger partial charge in [0.25, 0.3) is 0 Å². The Morgan fingerprint density at radius 1 is 1.42 bits per heavy atom. The Morgan fingerprint density at radius 3 is 3.08 bits per heavy atom. The molecule has 0 saturated carbocycles. The van der Waals surface area contributed by atoms with Crippen molar-refractivity contribution < 1.29 is 4.39 Å². The molecule has 2 aromatic rings. The number of hydrogen-bond donors (Lipinski definition) is 0. The molecule has 0 unspecified atom stereocenters. The van der Waals surface area contributed by atoms with E-state index in [-0.39, 0.29) is 0 Å². The number of nitrogens with zero attached hydrogens (tertiary/aromatic N) is 2. The van der Waals surface area contributed by atoms with Crippen LogP contribution in [-0.2, 0) is 0 Å². The van der Waals surface area contributed by atoms with E-state index in [0.29, 0.717) is 10.1 Å². The Hall–Kier alpha value is -1.03. The fourth-order valence-corrected chi connectivity index (χ4v) is 1.29. The quantitative estimate of drug-likeness (QED) is 0.646. The van der Waals surface area contributed by atoms with Gasteiger partial charge in [0.1, 0.15) is 0 Å². The molecule has 0 aliphatic heterocycles. The van der Waals surface area contributed by atoms with Gasteiger partial charge in [0.15, 0.2) is 5.65 Å². The zero-order valence-corrected chi connectivity index (χ0v) is 7.55. The van der Waals surface area contributed by atoms with Crippen molar-refractivity contribution in [2.45, 2.75) is 0 Å². The molecule has 0 saturated heterocycles. The van der Waals surface area contributed by atoms with Gasteiger partial charge in [-0.05, 0) is 34.1 Å². The zero-order valence-electron chi connectivity index (χ0n) is 5.96. The van der Waals surface area contributed by atoms with Gasteiger partial charge in [-0.1, -0.05) is 0 Å². The molecule has 0 radical (unpaired) electrons. The van der Waals surface area contributed by atoms with Crippen LogP contribution >= 0.6 is 15.9 Å². The Kier molecular flexibility index (Phi) is 1.77. The minimum absolute atomic E-state index is 0.364. The molecule has 0 bridgehead atoms. The lowest BCUT2D eigenvalue weighted by molar-refractivity contribution is 0.581. The number of hydrogen-bond acceptors (Lipinski definition) is 2. The Balaban J connectivity index is 2.84. The summed E-state index contributed by atoms with van der Waals surface area (Å²) >= 11 is 3.05. The smallest absolute Gasteiger partial charge is 0.229 e. The molecule has 0 aromatic carbocycles. The van der Waals surface area contributed by atoms with E-state index < -0.39 is 5.95 Å². The number of rotatable bonds is 0. The first-order chi connectivity index (χ1) is 5.77. The summed E-state index contributed by atoms with van der Waals surface area (Å²) in [7, 11) is 0. The van der Waals surface area contributed by atoms with Gasteiger partial charge in [0.05, 0.1) is 4.47 Å². The lowest BCUT2D eigenvalue weighted by Gasteiger charge is -1.96. The zero-order chi connectivity index (χ0) is 8.55. The van der Waals surface area contributed by atoms with Crippen LogP contribution in [-0.4, -0.2) is 9.97 Å². The monoisotopic (exact) mass is 226 g/mol. The first kappa shape index (κ1) is 7.61. The molecule has 12 heavy (non-hydrogen) atoms. The highest BCUT2D eigenvalue weighted by atomic mass is 79.9. The molecular weight excluding hydrogens is 223 g/mol. The van der Waals surface area contributed by atoms with Crippen LogP contribution in [0.5, 0.6) is 0 Å². The molecule has 0 amide bonds. The molecule has 0 atom stereocenters. The van der Waals surface area contributed by atoms with Gasteiger partial charge in [-0.3, -0.25) is 0 Å².